The molecule has 1 unspecified atom stereocenters. The van der Waals surface area contributed by atoms with Gasteiger partial charge in [0.25, 0.3) is 0 Å². The van der Waals surface area contributed by atoms with Crippen molar-refractivity contribution < 1.29 is 9.84 Å². The summed E-state index contributed by atoms with van der Waals surface area (Å²) >= 11 is 0. The highest BCUT2D eigenvalue weighted by Gasteiger charge is 2.13. The van der Waals surface area contributed by atoms with Crippen LogP contribution in [0.2, 0.25) is 0 Å². The van der Waals surface area contributed by atoms with Crippen LogP contribution in [0.15, 0.2) is 24.3 Å². The van der Waals surface area contributed by atoms with Gasteiger partial charge in [0.15, 0.2) is 0 Å². The number of benzene rings is 1. The molecule has 1 heterocycles. The lowest BCUT2D eigenvalue weighted by Crippen LogP contribution is -2.30. The molecule has 82 valence electrons. The van der Waals surface area contributed by atoms with E-state index in [9.17, 15) is 0 Å². The molecule has 15 heavy (non-hydrogen) atoms. The Balaban J connectivity index is 1.71. The van der Waals surface area contributed by atoms with Crippen molar-refractivity contribution in [1.82, 2.24) is 5.32 Å². The summed E-state index contributed by atoms with van der Waals surface area (Å²) in [4.78, 5) is 0. The molecule has 0 amide bonds. The van der Waals surface area contributed by atoms with Gasteiger partial charge in [0, 0.05) is 12.6 Å². The van der Waals surface area contributed by atoms with Gasteiger partial charge in [0.05, 0.1) is 6.61 Å². The third kappa shape index (κ3) is 3.22. The Morgan fingerprint density at radius 3 is 2.80 bits per heavy atom. The summed E-state index contributed by atoms with van der Waals surface area (Å²) in [5, 5.41) is 12.6. The van der Waals surface area contributed by atoms with Crippen molar-refractivity contribution in [3.05, 3.63) is 29.8 Å². The zero-order chi connectivity index (χ0) is 10.5. The van der Waals surface area contributed by atoms with Gasteiger partial charge in [-0.2, -0.15) is 0 Å². The van der Waals surface area contributed by atoms with Crippen LogP contribution in [0.4, 0.5) is 0 Å². The third-order valence-corrected chi connectivity index (χ3v) is 2.71. The van der Waals surface area contributed by atoms with E-state index in [1.165, 1.54) is 5.56 Å². The first-order valence-electron chi connectivity index (χ1n) is 5.43. The predicted octanol–water partition coefficient (Wildman–Crippen LogP) is 1.31. The number of ether oxygens (including phenoxy) is 1. The maximum Gasteiger partial charge on any atom is 0.115 e. The van der Waals surface area contributed by atoms with Crippen LogP contribution in [0.5, 0.6) is 5.75 Å². The van der Waals surface area contributed by atoms with Gasteiger partial charge < -0.3 is 15.2 Å². The van der Waals surface area contributed by atoms with Gasteiger partial charge in [-0.3, -0.25) is 0 Å². The second-order valence-corrected chi connectivity index (χ2v) is 3.93. The van der Waals surface area contributed by atoms with E-state index in [0.29, 0.717) is 11.8 Å². The van der Waals surface area contributed by atoms with Gasteiger partial charge in [-0.05, 0) is 37.1 Å². The largest absolute Gasteiger partial charge is 0.508 e. The average Bonchev–Trinajstić information content (AvgIpc) is 2.74. The summed E-state index contributed by atoms with van der Waals surface area (Å²) < 4.78 is 5.28. The Hall–Kier alpha value is -1.06. The molecule has 1 aliphatic rings. The Bertz CT molecular complexity index is 291. The number of phenols is 1. The standard InChI is InChI=1S/C12H17NO2/c14-12-3-1-10(2-4-12)5-7-13-11-6-8-15-9-11/h1-4,11,13-14H,5-9H2. The van der Waals surface area contributed by atoms with Gasteiger partial charge in [-0.1, -0.05) is 12.1 Å². The van der Waals surface area contributed by atoms with Crippen molar-refractivity contribution in [2.45, 2.75) is 18.9 Å². The summed E-state index contributed by atoms with van der Waals surface area (Å²) in [5.41, 5.74) is 1.25. The van der Waals surface area contributed by atoms with Crippen molar-refractivity contribution in [2.75, 3.05) is 19.8 Å². The summed E-state index contributed by atoms with van der Waals surface area (Å²) in [5.74, 6) is 0.330. The van der Waals surface area contributed by atoms with Crippen LogP contribution in [0, 0.1) is 0 Å². The van der Waals surface area contributed by atoms with Crippen molar-refractivity contribution in [3.63, 3.8) is 0 Å². The minimum atomic E-state index is 0.330. The summed E-state index contributed by atoms with van der Waals surface area (Å²) in [7, 11) is 0. The zero-order valence-electron chi connectivity index (χ0n) is 8.78. The minimum Gasteiger partial charge on any atom is -0.508 e. The van der Waals surface area contributed by atoms with Gasteiger partial charge in [-0.15, -0.1) is 0 Å². The molecular formula is C12H17NO2. The molecule has 0 spiro atoms. The topological polar surface area (TPSA) is 41.5 Å². The second-order valence-electron chi connectivity index (χ2n) is 3.93. The normalized spacial score (nSPS) is 20.7. The Kier molecular flexibility index (Phi) is 3.59. The van der Waals surface area contributed by atoms with Crippen LogP contribution in [0.25, 0.3) is 0 Å². The number of phenolic OH excluding ortho intramolecular Hbond substituents is 1. The molecule has 1 atom stereocenters. The van der Waals surface area contributed by atoms with E-state index in [0.717, 1.165) is 32.6 Å². The first-order chi connectivity index (χ1) is 7.34. The van der Waals surface area contributed by atoms with Gasteiger partial charge >= 0.3 is 0 Å². The van der Waals surface area contributed by atoms with Crippen LogP contribution in [0.1, 0.15) is 12.0 Å². The second kappa shape index (κ2) is 5.14. The smallest absolute Gasteiger partial charge is 0.115 e. The molecule has 0 aliphatic carbocycles. The van der Waals surface area contributed by atoms with Crippen LogP contribution in [0.3, 0.4) is 0 Å². The maximum atomic E-state index is 9.12. The molecule has 0 aromatic heterocycles. The molecular weight excluding hydrogens is 190 g/mol. The monoisotopic (exact) mass is 207 g/mol. The molecule has 2 rings (SSSR count). The van der Waals surface area contributed by atoms with E-state index in [2.05, 4.69) is 5.32 Å². The van der Waals surface area contributed by atoms with Gasteiger partial charge in [0.2, 0.25) is 0 Å². The Morgan fingerprint density at radius 2 is 2.13 bits per heavy atom. The molecule has 1 fully saturated rings. The number of hydrogen-bond acceptors (Lipinski definition) is 3. The fraction of sp³-hybridized carbons (Fsp3) is 0.500. The number of nitrogens with one attached hydrogen (secondary N) is 1. The molecule has 1 aliphatic heterocycles. The maximum absolute atomic E-state index is 9.12. The quantitative estimate of drug-likeness (QED) is 0.782. The molecule has 1 saturated heterocycles. The minimum absolute atomic E-state index is 0.330. The lowest BCUT2D eigenvalue weighted by molar-refractivity contribution is 0.190. The van der Waals surface area contributed by atoms with E-state index < -0.39 is 0 Å². The van der Waals surface area contributed by atoms with E-state index in [-0.39, 0.29) is 0 Å². The van der Waals surface area contributed by atoms with Crippen LogP contribution in [-0.4, -0.2) is 30.9 Å². The van der Waals surface area contributed by atoms with Crippen LogP contribution in [-0.2, 0) is 11.2 Å². The number of rotatable bonds is 4. The molecule has 1 aromatic carbocycles. The zero-order valence-corrected chi connectivity index (χ0v) is 8.78. The molecule has 3 heteroatoms. The van der Waals surface area contributed by atoms with Crippen molar-refractivity contribution in [1.29, 1.82) is 0 Å². The number of aromatic hydroxyl groups is 1. The first-order valence-corrected chi connectivity index (χ1v) is 5.43. The highest BCUT2D eigenvalue weighted by atomic mass is 16.5. The van der Waals surface area contributed by atoms with Crippen molar-refractivity contribution in [3.8, 4) is 5.75 Å². The van der Waals surface area contributed by atoms with Crippen LogP contribution < -0.4 is 5.32 Å². The molecule has 0 radical (unpaired) electrons. The first kappa shape index (κ1) is 10.5. The van der Waals surface area contributed by atoms with Crippen molar-refractivity contribution in [2.24, 2.45) is 0 Å². The number of hydrogen-bond donors (Lipinski definition) is 2. The van der Waals surface area contributed by atoms with Crippen molar-refractivity contribution >= 4 is 0 Å². The summed E-state index contributed by atoms with van der Waals surface area (Å²) in [6.45, 7) is 2.70. The molecule has 0 bridgehead atoms. The highest BCUT2D eigenvalue weighted by molar-refractivity contribution is 5.25. The molecule has 2 N–H and O–H groups in total. The Labute approximate surface area is 90.1 Å². The lowest BCUT2D eigenvalue weighted by atomic mass is 10.1. The van der Waals surface area contributed by atoms with Gasteiger partial charge in [-0.25, -0.2) is 0 Å². The fourth-order valence-corrected chi connectivity index (χ4v) is 1.78. The third-order valence-electron chi connectivity index (χ3n) is 2.71. The van der Waals surface area contributed by atoms with Crippen LogP contribution >= 0.6 is 0 Å². The lowest BCUT2D eigenvalue weighted by Gasteiger charge is -2.09. The van der Waals surface area contributed by atoms with Gasteiger partial charge in [0.1, 0.15) is 5.75 Å². The Morgan fingerprint density at radius 1 is 1.33 bits per heavy atom. The summed E-state index contributed by atoms with van der Waals surface area (Å²) in [6, 6.07) is 7.91. The summed E-state index contributed by atoms with van der Waals surface area (Å²) in [6.07, 6.45) is 2.12. The molecule has 3 nitrogen and oxygen atoms in total. The molecule has 0 saturated carbocycles. The predicted molar refractivity (Wildman–Crippen MR) is 59.0 cm³/mol. The van der Waals surface area contributed by atoms with E-state index >= 15 is 0 Å². The SMILES string of the molecule is Oc1ccc(CCNC2CCOC2)cc1. The van der Waals surface area contributed by atoms with E-state index in [4.69, 9.17) is 9.84 Å². The van der Waals surface area contributed by atoms with E-state index in [1.807, 2.05) is 12.1 Å². The highest BCUT2D eigenvalue weighted by Crippen LogP contribution is 2.10. The molecule has 1 aromatic rings. The van der Waals surface area contributed by atoms with E-state index in [1.54, 1.807) is 12.1 Å². The fourth-order valence-electron chi connectivity index (χ4n) is 1.78. The average molecular weight is 207 g/mol.